The van der Waals surface area contributed by atoms with Gasteiger partial charge >= 0.3 is 0 Å². The molecule has 25 heavy (non-hydrogen) atoms. The Bertz CT molecular complexity index is 994. The Kier molecular flexibility index (Phi) is 4.63. The van der Waals surface area contributed by atoms with Gasteiger partial charge in [-0.2, -0.15) is 5.10 Å². The first kappa shape index (κ1) is 16.1. The molecule has 0 N–H and O–H groups in total. The van der Waals surface area contributed by atoms with Crippen molar-refractivity contribution < 1.29 is 4.74 Å². The highest BCUT2D eigenvalue weighted by Crippen LogP contribution is 2.30. The molecule has 124 valence electrons. The molecule has 0 radical (unpaired) electrons. The van der Waals surface area contributed by atoms with Gasteiger partial charge in [-0.05, 0) is 24.3 Å². The molecular weight excluding hydrogens is 350 g/mol. The van der Waals surface area contributed by atoms with Crippen molar-refractivity contribution in [1.82, 2.24) is 15.2 Å². The van der Waals surface area contributed by atoms with Crippen LogP contribution in [0.4, 0.5) is 0 Å². The first-order valence-electron chi connectivity index (χ1n) is 7.75. The average Bonchev–Trinajstić information content (AvgIpc) is 3.15. The maximum absolute atomic E-state index is 5.20. The van der Waals surface area contributed by atoms with Gasteiger partial charge in [0.1, 0.15) is 15.8 Å². The Hall–Kier alpha value is -2.44. The maximum Gasteiger partial charge on any atom is 0.127 e. The zero-order valence-corrected chi connectivity index (χ0v) is 15.2. The van der Waals surface area contributed by atoms with Crippen molar-refractivity contribution in [3.05, 3.63) is 65.8 Å². The Labute approximate surface area is 153 Å². The molecule has 0 saturated carbocycles. The highest BCUT2D eigenvalue weighted by atomic mass is 32.2. The second kappa shape index (κ2) is 7.21. The fourth-order valence-corrected chi connectivity index (χ4v) is 4.30. The van der Waals surface area contributed by atoms with Gasteiger partial charge in [0, 0.05) is 27.5 Å². The summed E-state index contributed by atoms with van der Waals surface area (Å²) in [5.74, 6) is 1.63. The smallest absolute Gasteiger partial charge is 0.127 e. The quantitative estimate of drug-likeness (QED) is 0.463. The van der Waals surface area contributed by atoms with Gasteiger partial charge in [-0.3, -0.25) is 0 Å². The van der Waals surface area contributed by atoms with Gasteiger partial charge in [-0.15, -0.1) is 16.4 Å². The summed E-state index contributed by atoms with van der Waals surface area (Å²) in [4.78, 5) is 4.74. The number of thioether (sulfide) groups is 1. The number of fused-ring (bicyclic) bond motifs is 1. The number of rotatable bonds is 5. The number of thiazole rings is 1. The van der Waals surface area contributed by atoms with E-state index in [1.165, 1.54) is 0 Å². The van der Waals surface area contributed by atoms with Gasteiger partial charge in [0.2, 0.25) is 0 Å². The summed E-state index contributed by atoms with van der Waals surface area (Å²) in [5.41, 5.74) is 2.16. The Morgan fingerprint density at radius 3 is 2.76 bits per heavy atom. The Balaban J connectivity index is 1.51. The van der Waals surface area contributed by atoms with Crippen molar-refractivity contribution in [2.24, 2.45) is 0 Å². The zero-order chi connectivity index (χ0) is 17.1. The number of benzene rings is 2. The molecule has 4 rings (SSSR count). The van der Waals surface area contributed by atoms with Gasteiger partial charge < -0.3 is 4.74 Å². The minimum absolute atomic E-state index is 0.773. The maximum atomic E-state index is 5.20. The van der Waals surface area contributed by atoms with E-state index >= 15 is 0 Å². The minimum Gasteiger partial charge on any atom is -0.497 e. The lowest BCUT2D eigenvalue weighted by Crippen LogP contribution is -1.89. The third-order valence-corrected chi connectivity index (χ3v) is 5.74. The van der Waals surface area contributed by atoms with Crippen molar-refractivity contribution in [3.63, 3.8) is 0 Å². The normalized spacial score (nSPS) is 10.9. The molecule has 0 bridgehead atoms. The second-order valence-corrected chi connectivity index (χ2v) is 7.22. The van der Waals surface area contributed by atoms with Crippen molar-refractivity contribution >= 4 is 33.9 Å². The first-order chi connectivity index (χ1) is 12.3. The van der Waals surface area contributed by atoms with Gasteiger partial charge in [0.15, 0.2) is 0 Å². The average molecular weight is 365 g/mol. The molecule has 2 aromatic heterocycles. The first-order valence-corrected chi connectivity index (χ1v) is 9.62. The lowest BCUT2D eigenvalue weighted by Gasteiger charge is -2.03. The molecule has 2 aromatic carbocycles. The number of methoxy groups -OCH3 is 1. The van der Waals surface area contributed by atoms with E-state index in [4.69, 9.17) is 9.72 Å². The predicted molar refractivity (Wildman–Crippen MR) is 103 cm³/mol. The van der Waals surface area contributed by atoms with Gasteiger partial charge in [0.25, 0.3) is 0 Å². The molecule has 0 fully saturated rings. The van der Waals surface area contributed by atoms with E-state index in [9.17, 15) is 0 Å². The lowest BCUT2D eigenvalue weighted by molar-refractivity contribution is 0.415. The Morgan fingerprint density at radius 1 is 1.08 bits per heavy atom. The molecule has 0 aliphatic heterocycles. The van der Waals surface area contributed by atoms with Crippen LogP contribution in [0.3, 0.4) is 0 Å². The highest BCUT2D eigenvalue weighted by molar-refractivity contribution is 7.98. The number of aromatic nitrogens is 3. The summed E-state index contributed by atoms with van der Waals surface area (Å²) < 4.78 is 5.20. The summed E-state index contributed by atoms with van der Waals surface area (Å²) in [6.07, 6.45) is 1.80. The van der Waals surface area contributed by atoms with Crippen LogP contribution in [0.25, 0.3) is 21.3 Å². The topological polar surface area (TPSA) is 47.9 Å². The molecule has 0 aliphatic carbocycles. The monoisotopic (exact) mass is 365 g/mol. The molecule has 0 saturated heterocycles. The van der Waals surface area contributed by atoms with Crippen LogP contribution in [0.15, 0.2) is 65.1 Å². The summed E-state index contributed by atoms with van der Waals surface area (Å²) in [5, 5.41) is 14.7. The van der Waals surface area contributed by atoms with Crippen LogP contribution in [-0.4, -0.2) is 22.3 Å². The van der Waals surface area contributed by atoms with E-state index in [2.05, 4.69) is 27.7 Å². The molecule has 0 unspecified atom stereocenters. The van der Waals surface area contributed by atoms with Crippen molar-refractivity contribution in [3.8, 4) is 16.3 Å². The van der Waals surface area contributed by atoms with E-state index in [-0.39, 0.29) is 0 Å². The predicted octanol–water partition coefficient (Wildman–Crippen LogP) is 5.05. The summed E-state index contributed by atoms with van der Waals surface area (Å²) >= 11 is 3.32. The fourth-order valence-electron chi connectivity index (χ4n) is 2.49. The molecule has 2 heterocycles. The standard InChI is InChI=1S/C19H15N3OS2/c1-23-16-8-6-13(7-9-16)18-21-15(11-24-18)12-25-19-17-5-3-2-4-14(17)10-20-22-19/h2-11H,12H2,1H3. The molecule has 0 spiro atoms. The minimum atomic E-state index is 0.773. The summed E-state index contributed by atoms with van der Waals surface area (Å²) in [6.45, 7) is 0. The van der Waals surface area contributed by atoms with Crippen LogP contribution in [0.5, 0.6) is 5.75 Å². The van der Waals surface area contributed by atoms with Crippen LogP contribution in [-0.2, 0) is 5.75 Å². The molecular formula is C19H15N3OS2. The van der Waals surface area contributed by atoms with Crippen molar-refractivity contribution in [1.29, 1.82) is 0 Å². The number of hydrogen-bond acceptors (Lipinski definition) is 6. The van der Waals surface area contributed by atoms with Crippen LogP contribution >= 0.6 is 23.1 Å². The molecule has 4 nitrogen and oxygen atoms in total. The Morgan fingerprint density at radius 2 is 1.92 bits per heavy atom. The number of nitrogens with zero attached hydrogens (tertiary/aromatic N) is 3. The second-order valence-electron chi connectivity index (χ2n) is 5.40. The van der Waals surface area contributed by atoms with E-state index in [1.54, 1.807) is 36.4 Å². The number of ether oxygens (including phenoxy) is 1. The van der Waals surface area contributed by atoms with Gasteiger partial charge in [0.05, 0.1) is 19.0 Å². The lowest BCUT2D eigenvalue weighted by atomic mass is 10.2. The molecule has 4 aromatic rings. The zero-order valence-electron chi connectivity index (χ0n) is 13.5. The molecule has 0 amide bonds. The molecule has 6 heteroatoms. The van der Waals surface area contributed by atoms with Crippen LogP contribution in [0, 0.1) is 0 Å². The largest absolute Gasteiger partial charge is 0.497 e. The molecule has 0 atom stereocenters. The SMILES string of the molecule is COc1ccc(-c2nc(CSc3nncc4ccccc34)cs2)cc1. The van der Waals surface area contributed by atoms with Gasteiger partial charge in [-0.25, -0.2) is 4.98 Å². The van der Waals surface area contributed by atoms with E-state index < -0.39 is 0 Å². The summed E-state index contributed by atoms with van der Waals surface area (Å²) in [7, 11) is 1.67. The number of hydrogen-bond donors (Lipinski definition) is 0. The van der Waals surface area contributed by atoms with Crippen LogP contribution < -0.4 is 4.74 Å². The van der Waals surface area contributed by atoms with Gasteiger partial charge in [-0.1, -0.05) is 36.0 Å². The van der Waals surface area contributed by atoms with Crippen LogP contribution in [0.1, 0.15) is 5.69 Å². The third kappa shape index (κ3) is 3.50. The van der Waals surface area contributed by atoms with E-state index in [1.807, 2.05) is 36.4 Å². The highest BCUT2D eigenvalue weighted by Gasteiger charge is 2.08. The third-order valence-electron chi connectivity index (χ3n) is 3.78. The van der Waals surface area contributed by atoms with Crippen molar-refractivity contribution in [2.75, 3.05) is 7.11 Å². The summed E-state index contributed by atoms with van der Waals surface area (Å²) in [6, 6.07) is 16.1. The molecule has 0 aliphatic rings. The van der Waals surface area contributed by atoms with Crippen molar-refractivity contribution in [2.45, 2.75) is 10.8 Å². The van der Waals surface area contributed by atoms with Crippen LogP contribution in [0.2, 0.25) is 0 Å². The van der Waals surface area contributed by atoms with E-state index in [0.717, 1.165) is 43.6 Å². The fraction of sp³-hybridized carbons (Fsp3) is 0.105. The van der Waals surface area contributed by atoms with E-state index in [0.29, 0.717) is 0 Å².